The molecule has 0 unspecified atom stereocenters. The highest BCUT2D eigenvalue weighted by atomic mass is 79.9. The molecule has 3 rings (SSSR count). The van der Waals surface area contributed by atoms with Gasteiger partial charge in [0.05, 0.1) is 21.6 Å². The van der Waals surface area contributed by atoms with E-state index < -0.39 is 11.8 Å². The molecule has 0 fully saturated rings. The van der Waals surface area contributed by atoms with E-state index in [0.717, 1.165) is 11.1 Å². The van der Waals surface area contributed by atoms with Gasteiger partial charge in [0.15, 0.2) is 18.1 Å². The van der Waals surface area contributed by atoms with E-state index in [1.54, 1.807) is 30.3 Å². The number of carbonyl (C=O) groups excluding carboxylic acids is 2. The van der Waals surface area contributed by atoms with Crippen LogP contribution in [0.1, 0.15) is 16.7 Å². The van der Waals surface area contributed by atoms with Crippen LogP contribution in [0.15, 0.2) is 58.6 Å². The molecule has 0 aliphatic heterocycles. The van der Waals surface area contributed by atoms with Gasteiger partial charge in [-0.05, 0) is 83.4 Å². The second-order valence-electron chi connectivity index (χ2n) is 7.94. The highest BCUT2D eigenvalue weighted by Crippen LogP contribution is 2.37. The van der Waals surface area contributed by atoms with Gasteiger partial charge in [-0.2, -0.15) is 5.26 Å². The van der Waals surface area contributed by atoms with E-state index in [4.69, 9.17) is 32.7 Å². The van der Waals surface area contributed by atoms with Gasteiger partial charge in [-0.15, -0.1) is 0 Å². The molecular weight excluding hydrogens is 581 g/mol. The van der Waals surface area contributed by atoms with E-state index in [1.165, 1.54) is 19.3 Å². The Hall–Kier alpha value is -3.51. The first-order chi connectivity index (χ1) is 17.6. The lowest BCUT2D eigenvalue weighted by Crippen LogP contribution is -2.20. The summed E-state index contributed by atoms with van der Waals surface area (Å²) in [6, 6.07) is 15.5. The summed E-state index contributed by atoms with van der Waals surface area (Å²) in [5.74, 6) is -0.382. The van der Waals surface area contributed by atoms with Crippen LogP contribution >= 0.6 is 39.1 Å². The van der Waals surface area contributed by atoms with Gasteiger partial charge in [0, 0.05) is 11.4 Å². The zero-order valence-electron chi connectivity index (χ0n) is 20.1. The zero-order valence-corrected chi connectivity index (χ0v) is 23.2. The van der Waals surface area contributed by atoms with Gasteiger partial charge >= 0.3 is 0 Å². The van der Waals surface area contributed by atoms with Crippen molar-refractivity contribution in [3.63, 3.8) is 0 Å². The van der Waals surface area contributed by atoms with Crippen LogP contribution in [0.2, 0.25) is 10.0 Å². The Morgan fingerprint density at radius 2 is 1.81 bits per heavy atom. The second kappa shape index (κ2) is 12.6. The van der Waals surface area contributed by atoms with Gasteiger partial charge < -0.3 is 20.1 Å². The first-order valence-corrected chi connectivity index (χ1v) is 12.4. The van der Waals surface area contributed by atoms with Crippen molar-refractivity contribution in [2.24, 2.45) is 0 Å². The Morgan fingerprint density at radius 3 is 2.46 bits per heavy atom. The third kappa shape index (κ3) is 7.49. The van der Waals surface area contributed by atoms with E-state index in [2.05, 4.69) is 26.6 Å². The maximum absolute atomic E-state index is 12.7. The standard InChI is InChI=1S/C27H22BrCl2N3O4/c1-15-4-7-23(16(2)8-15)33-27(35)18(13-31)9-17-10-20(28)26(24(11-17)36-3)37-14-25(34)32-19-5-6-21(29)22(30)12-19/h4-12H,14H2,1-3H3,(H,32,34)(H,33,35)/b18-9+. The highest BCUT2D eigenvalue weighted by molar-refractivity contribution is 9.10. The Morgan fingerprint density at radius 1 is 1.05 bits per heavy atom. The number of rotatable bonds is 8. The van der Waals surface area contributed by atoms with Gasteiger partial charge in [0.1, 0.15) is 11.6 Å². The molecule has 0 heterocycles. The van der Waals surface area contributed by atoms with Gasteiger partial charge in [-0.1, -0.05) is 40.9 Å². The molecular formula is C27H22BrCl2N3O4. The number of benzene rings is 3. The van der Waals surface area contributed by atoms with E-state index >= 15 is 0 Å². The third-order valence-corrected chi connectivity index (χ3v) is 6.44. The summed E-state index contributed by atoms with van der Waals surface area (Å²) in [6.07, 6.45) is 1.44. The first kappa shape index (κ1) is 28.1. The van der Waals surface area contributed by atoms with Crippen molar-refractivity contribution in [2.75, 3.05) is 24.4 Å². The van der Waals surface area contributed by atoms with Crippen molar-refractivity contribution in [3.8, 4) is 17.6 Å². The molecule has 2 N–H and O–H groups in total. The molecule has 0 bridgehead atoms. The highest BCUT2D eigenvalue weighted by Gasteiger charge is 2.16. The molecule has 37 heavy (non-hydrogen) atoms. The number of anilines is 2. The van der Waals surface area contributed by atoms with Gasteiger partial charge in [-0.3, -0.25) is 9.59 Å². The Labute approximate surface area is 233 Å². The number of amides is 2. The number of ether oxygens (including phenoxy) is 2. The van der Waals surface area contributed by atoms with Gasteiger partial charge in [0.2, 0.25) is 0 Å². The fraction of sp³-hybridized carbons (Fsp3) is 0.148. The van der Waals surface area contributed by atoms with Crippen molar-refractivity contribution in [1.82, 2.24) is 0 Å². The van der Waals surface area contributed by atoms with E-state index in [-0.39, 0.29) is 17.9 Å². The van der Waals surface area contributed by atoms with Crippen LogP contribution in [0.4, 0.5) is 11.4 Å². The van der Waals surface area contributed by atoms with Crippen LogP contribution in [-0.2, 0) is 9.59 Å². The molecule has 0 atom stereocenters. The van der Waals surface area contributed by atoms with Crippen LogP contribution in [0, 0.1) is 25.2 Å². The monoisotopic (exact) mass is 601 g/mol. The topological polar surface area (TPSA) is 100 Å². The molecule has 190 valence electrons. The van der Waals surface area contributed by atoms with Crippen molar-refractivity contribution in [2.45, 2.75) is 13.8 Å². The normalized spacial score (nSPS) is 10.9. The minimum atomic E-state index is -0.538. The quantitative estimate of drug-likeness (QED) is 0.215. The number of hydrogen-bond donors (Lipinski definition) is 2. The number of hydrogen-bond acceptors (Lipinski definition) is 5. The van der Waals surface area contributed by atoms with Gasteiger partial charge in [-0.25, -0.2) is 0 Å². The summed E-state index contributed by atoms with van der Waals surface area (Å²) in [7, 11) is 1.44. The van der Waals surface area contributed by atoms with Crippen molar-refractivity contribution in [1.29, 1.82) is 5.26 Å². The molecule has 3 aromatic carbocycles. The predicted molar refractivity (Wildman–Crippen MR) is 149 cm³/mol. The predicted octanol–water partition coefficient (Wildman–Crippen LogP) is 6.94. The Balaban J connectivity index is 1.74. The van der Waals surface area contributed by atoms with E-state index in [0.29, 0.717) is 37.2 Å². The SMILES string of the molecule is COc1cc(/C=C(\C#N)C(=O)Nc2ccc(C)cc2C)cc(Br)c1OCC(=O)Nc1ccc(Cl)c(Cl)c1. The van der Waals surface area contributed by atoms with Crippen molar-refractivity contribution >= 4 is 68.4 Å². The van der Waals surface area contributed by atoms with Crippen LogP contribution in [-0.4, -0.2) is 25.5 Å². The molecule has 0 aliphatic carbocycles. The molecule has 0 spiro atoms. The fourth-order valence-electron chi connectivity index (χ4n) is 3.33. The van der Waals surface area contributed by atoms with Crippen LogP contribution in [0.25, 0.3) is 6.08 Å². The number of nitriles is 1. The van der Waals surface area contributed by atoms with Crippen molar-refractivity contribution < 1.29 is 19.1 Å². The molecule has 0 radical (unpaired) electrons. The number of nitrogens with one attached hydrogen (secondary N) is 2. The van der Waals surface area contributed by atoms with Gasteiger partial charge in [0.25, 0.3) is 11.8 Å². The Bertz CT molecular complexity index is 1430. The lowest BCUT2D eigenvalue weighted by Gasteiger charge is -2.14. The maximum atomic E-state index is 12.7. The summed E-state index contributed by atoms with van der Waals surface area (Å²) in [5.41, 5.74) is 3.47. The summed E-state index contributed by atoms with van der Waals surface area (Å²) in [6.45, 7) is 3.52. The molecule has 3 aromatic rings. The lowest BCUT2D eigenvalue weighted by atomic mass is 10.1. The molecule has 0 aliphatic rings. The minimum Gasteiger partial charge on any atom is -0.493 e. The molecule has 10 heteroatoms. The van der Waals surface area contributed by atoms with E-state index in [1.807, 2.05) is 32.0 Å². The van der Waals surface area contributed by atoms with Crippen LogP contribution in [0.3, 0.4) is 0 Å². The second-order valence-corrected chi connectivity index (χ2v) is 9.61. The van der Waals surface area contributed by atoms with Crippen molar-refractivity contribution in [3.05, 3.63) is 85.3 Å². The maximum Gasteiger partial charge on any atom is 0.266 e. The summed E-state index contributed by atoms with van der Waals surface area (Å²) < 4.78 is 11.6. The largest absolute Gasteiger partial charge is 0.493 e. The lowest BCUT2D eigenvalue weighted by molar-refractivity contribution is -0.118. The molecule has 0 saturated heterocycles. The summed E-state index contributed by atoms with van der Waals surface area (Å²) in [5, 5.41) is 15.7. The smallest absolute Gasteiger partial charge is 0.266 e. The number of aryl methyl sites for hydroxylation is 2. The number of halogens is 3. The average Bonchev–Trinajstić information content (AvgIpc) is 2.85. The van der Waals surface area contributed by atoms with Crippen LogP contribution < -0.4 is 20.1 Å². The summed E-state index contributed by atoms with van der Waals surface area (Å²) in [4.78, 5) is 25.1. The minimum absolute atomic E-state index is 0.0939. The number of methoxy groups -OCH3 is 1. The molecule has 7 nitrogen and oxygen atoms in total. The molecule has 2 amide bonds. The van der Waals surface area contributed by atoms with Crippen LogP contribution in [0.5, 0.6) is 11.5 Å². The van der Waals surface area contributed by atoms with E-state index in [9.17, 15) is 14.9 Å². The number of nitrogens with zero attached hydrogens (tertiary/aromatic N) is 1. The molecule has 0 aromatic heterocycles. The first-order valence-electron chi connectivity index (χ1n) is 10.9. The average molecular weight is 603 g/mol. The molecule has 0 saturated carbocycles. The fourth-order valence-corrected chi connectivity index (χ4v) is 4.20. The third-order valence-electron chi connectivity index (χ3n) is 5.11. The summed E-state index contributed by atoms with van der Waals surface area (Å²) >= 11 is 15.3. The number of carbonyl (C=O) groups is 2. The zero-order chi connectivity index (χ0) is 27.1. The Kier molecular flexibility index (Phi) is 9.59.